The Hall–Kier alpha value is -2.04. The molecule has 1 amide bonds. The molecule has 1 aliphatic heterocycles. The van der Waals surface area contributed by atoms with E-state index in [-0.39, 0.29) is 17.8 Å². The van der Waals surface area contributed by atoms with Crippen LogP contribution in [0.15, 0.2) is 30.3 Å². The molecule has 5 nitrogen and oxygen atoms in total. The van der Waals surface area contributed by atoms with Gasteiger partial charge in [0.05, 0.1) is 5.92 Å². The second kappa shape index (κ2) is 5.30. The molecule has 22 heavy (non-hydrogen) atoms. The summed E-state index contributed by atoms with van der Waals surface area (Å²) < 4.78 is 10.7. The molecule has 0 spiro atoms. The molecule has 1 saturated heterocycles. The molecule has 2 aliphatic carbocycles. The summed E-state index contributed by atoms with van der Waals surface area (Å²) in [6, 6.07) is 9.63. The van der Waals surface area contributed by atoms with Crippen LogP contribution in [0.3, 0.4) is 0 Å². The van der Waals surface area contributed by atoms with Crippen LogP contribution < -0.4 is 5.32 Å². The Bertz CT molecular complexity index is 588. The first-order chi connectivity index (χ1) is 10.7. The highest BCUT2D eigenvalue weighted by molar-refractivity contribution is 5.77. The zero-order chi connectivity index (χ0) is 15.1. The lowest BCUT2D eigenvalue weighted by Crippen LogP contribution is -2.34. The Labute approximate surface area is 129 Å². The number of rotatable bonds is 3. The lowest BCUT2D eigenvalue weighted by atomic mass is 9.81. The van der Waals surface area contributed by atoms with E-state index in [0.717, 1.165) is 24.8 Å². The summed E-state index contributed by atoms with van der Waals surface area (Å²) in [5, 5.41) is 2.71. The monoisotopic (exact) mass is 301 g/mol. The van der Waals surface area contributed by atoms with Crippen molar-refractivity contribution in [2.24, 2.45) is 23.7 Å². The molecule has 5 atom stereocenters. The van der Waals surface area contributed by atoms with Crippen LogP contribution in [-0.2, 0) is 20.8 Å². The Morgan fingerprint density at radius 2 is 2.00 bits per heavy atom. The van der Waals surface area contributed by atoms with Crippen LogP contribution in [0.2, 0.25) is 0 Å². The lowest BCUT2D eigenvalue weighted by molar-refractivity contribution is -0.159. The molecule has 2 bridgehead atoms. The van der Waals surface area contributed by atoms with E-state index in [0.29, 0.717) is 18.4 Å². The van der Waals surface area contributed by atoms with Gasteiger partial charge in [0.25, 0.3) is 6.29 Å². The van der Waals surface area contributed by atoms with Crippen molar-refractivity contribution in [2.75, 3.05) is 0 Å². The van der Waals surface area contributed by atoms with Gasteiger partial charge in [-0.05, 0) is 36.7 Å². The van der Waals surface area contributed by atoms with Crippen molar-refractivity contribution in [3.05, 3.63) is 35.9 Å². The van der Waals surface area contributed by atoms with Crippen LogP contribution in [0.4, 0.5) is 4.79 Å². The van der Waals surface area contributed by atoms with Crippen molar-refractivity contribution in [1.29, 1.82) is 0 Å². The number of nitrogens with one attached hydrogen (secondary N) is 1. The number of fused-ring (bicyclic) bond motifs is 5. The zero-order valence-corrected chi connectivity index (χ0v) is 12.2. The summed E-state index contributed by atoms with van der Waals surface area (Å²) in [6.45, 7) is 0.403. The fourth-order valence-corrected chi connectivity index (χ4v) is 4.37. The molecule has 1 heterocycles. The smallest absolute Gasteiger partial charge is 0.410 e. The molecule has 4 rings (SSSR count). The van der Waals surface area contributed by atoms with Crippen LogP contribution in [0.25, 0.3) is 0 Å². The largest absolute Gasteiger partial charge is 0.424 e. The van der Waals surface area contributed by atoms with Gasteiger partial charge in [0, 0.05) is 12.5 Å². The molecule has 0 aromatic heterocycles. The maximum absolute atomic E-state index is 12.0. The van der Waals surface area contributed by atoms with Gasteiger partial charge in [-0.2, -0.15) is 0 Å². The van der Waals surface area contributed by atoms with Crippen molar-refractivity contribution in [3.8, 4) is 0 Å². The van der Waals surface area contributed by atoms with E-state index in [4.69, 9.17) is 9.47 Å². The van der Waals surface area contributed by atoms with Gasteiger partial charge >= 0.3 is 12.1 Å². The topological polar surface area (TPSA) is 64.6 Å². The minimum absolute atomic E-state index is 0.0503. The average molecular weight is 301 g/mol. The number of hydrogen-bond donors (Lipinski definition) is 1. The van der Waals surface area contributed by atoms with E-state index < -0.39 is 12.4 Å². The number of amides is 1. The predicted octanol–water partition coefficient (Wildman–Crippen LogP) is 2.46. The lowest BCUT2D eigenvalue weighted by Gasteiger charge is -2.24. The number of esters is 1. The van der Waals surface area contributed by atoms with Gasteiger partial charge in [-0.25, -0.2) is 4.79 Å². The highest BCUT2D eigenvalue weighted by Crippen LogP contribution is 2.57. The van der Waals surface area contributed by atoms with Crippen molar-refractivity contribution in [2.45, 2.75) is 32.1 Å². The molecule has 5 unspecified atom stereocenters. The summed E-state index contributed by atoms with van der Waals surface area (Å²) in [6.07, 6.45) is 2.08. The van der Waals surface area contributed by atoms with Crippen molar-refractivity contribution in [3.63, 3.8) is 0 Å². The SMILES string of the molecule is O=C(NCc1ccccc1)OC1OC(=O)C2C3CCC(C3)C12. The first kappa shape index (κ1) is 13.6. The third-order valence-corrected chi connectivity index (χ3v) is 5.30. The number of benzene rings is 1. The number of hydrogen-bond acceptors (Lipinski definition) is 4. The average Bonchev–Trinajstić information content (AvgIpc) is 3.21. The zero-order valence-electron chi connectivity index (χ0n) is 12.2. The van der Waals surface area contributed by atoms with Crippen molar-refractivity contribution in [1.82, 2.24) is 5.32 Å². The maximum atomic E-state index is 12.0. The predicted molar refractivity (Wildman–Crippen MR) is 77.5 cm³/mol. The van der Waals surface area contributed by atoms with E-state index in [1.54, 1.807) is 0 Å². The third kappa shape index (κ3) is 2.25. The van der Waals surface area contributed by atoms with Crippen LogP contribution in [0, 0.1) is 23.7 Å². The molecule has 1 N–H and O–H groups in total. The van der Waals surface area contributed by atoms with Gasteiger partial charge in [0.2, 0.25) is 0 Å². The quantitative estimate of drug-likeness (QED) is 0.871. The Balaban J connectivity index is 1.35. The molecule has 5 heteroatoms. The number of cyclic esters (lactones) is 1. The fourth-order valence-electron chi connectivity index (χ4n) is 4.37. The summed E-state index contributed by atoms with van der Waals surface area (Å²) in [7, 11) is 0. The summed E-state index contributed by atoms with van der Waals surface area (Å²) in [5.41, 5.74) is 1.00. The van der Waals surface area contributed by atoms with Gasteiger partial charge in [-0.15, -0.1) is 0 Å². The second-order valence-electron chi connectivity index (χ2n) is 6.49. The van der Waals surface area contributed by atoms with Gasteiger partial charge in [0.1, 0.15) is 0 Å². The molecule has 2 saturated carbocycles. The minimum atomic E-state index is -0.705. The standard InChI is InChI=1S/C17H19NO4/c19-15-13-11-6-7-12(8-11)14(13)16(21-15)22-17(20)18-9-10-4-2-1-3-5-10/h1-5,11-14,16H,6-9H2,(H,18,20). The number of alkyl carbamates (subject to hydrolysis) is 1. The van der Waals surface area contributed by atoms with Gasteiger partial charge in [0.15, 0.2) is 0 Å². The molecular formula is C17H19NO4. The van der Waals surface area contributed by atoms with Gasteiger partial charge < -0.3 is 14.8 Å². The third-order valence-electron chi connectivity index (χ3n) is 5.30. The number of ether oxygens (including phenoxy) is 2. The van der Waals surface area contributed by atoms with Gasteiger partial charge in [-0.3, -0.25) is 4.79 Å². The highest BCUT2D eigenvalue weighted by atomic mass is 16.7. The molecule has 116 valence electrons. The Kier molecular flexibility index (Phi) is 3.28. The van der Waals surface area contributed by atoms with Crippen molar-refractivity contribution < 1.29 is 19.1 Å². The van der Waals surface area contributed by atoms with Crippen LogP contribution in [-0.4, -0.2) is 18.4 Å². The van der Waals surface area contributed by atoms with E-state index >= 15 is 0 Å². The second-order valence-corrected chi connectivity index (χ2v) is 6.49. The molecule has 3 fully saturated rings. The summed E-state index contributed by atoms with van der Waals surface area (Å²) in [5.74, 6) is 0.731. The van der Waals surface area contributed by atoms with E-state index in [9.17, 15) is 9.59 Å². The van der Waals surface area contributed by atoms with Crippen molar-refractivity contribution >= 4 is 12.1 Å². The van der Waals surface area contributed by atoms with Crippen LogP contribution in [0.1, 0.15) is 24.8 Å². The highest BCUT2D eigenvalue weighted by Gasteiger charge is 2.60. The molecule has 0 radical (unpaired) electrons. The van der Waals surface area contributed by atoms with Gasteiger partial charge in [-0.1, -0.05) is 30.3 Å². The fraction of sp³-hybridized carbons (Fsp3) is 0.529. The Morgan fingerprint density at radius 3 is 2.82 bits per heavy atom. The first-order valence-electron chi connectivity index (χ1n) is 7.91. The number of carbonyl (C=O) groups is 2. The normalized spacial score (nSPS) is 35.1. The summed E-state index contributed by atoms with van der Waals surface area (Å²) >= 11 is 0. The molecular weight excluding hydrogens is 282 g/mol. The molecule has 1 aromatic carbocycles. The minimum Gasteiger partial charge on any atom is -0.424 e. The van der Waals surface area contributed by atoms with Crippen LogP contribution >= 0.6 is 0 Å². The molecule has 3 aliphatic rings. The van der Waals surface area contributed by atoms with E-state index in [2.05, 4.69) is 5.32 Å². The molecule has 1 aromatic rings. The van der Waals surface area contributed by atoms with E-state index in [1.807, 2.05) is 30.3 Å². The maximum Gasteiger partial charge on any atom is 0.410 e. The first-order valence-corrected chi connectivity index (χ1v) is 7.91. The van der Waals surface area contributed by atoms with E-state index in [1.165, 1.54) is 0 Å². The number of carbonyl (C=O) groups excluding carboxylic acids is 2. The summed E-state index contributed by atoms with van der Waals surface area (Å²) in [4.78, 5) is 23.9. The Morgan fingerprint density at radius 1 is 1.23 bits per heavy atom. The van der Waals surface area contributed by atoms with Crippen LogP contribution in [0.5, 0.6) is 0 Å².